The summed E-state index contributed by atoms with van der Waals surface area (Å²) in [5.41, 5.74) is 3.62. The third-order valence-corrected chi connectivity index (χ3v) is 5.81. The Labute approximate surface area is 173 Å². The molecule has 1 fully saturated rings. The maximum atomic E-state index is 11.7. The van der Waals surface area contributed by atoms with E-state index in [0.717, 1.165) is 48.8 Å². The van der Waals surface area contributed by atoms with E-state index in [1.54, 1.807) is 4.90 Å². The van der Waals surface area contributed by atoms with E-state index in [9.17, 15) is 15.2 Å². The van der Waals surface area contributed by atoms with Gasteiger partial charge in [0.2, 0.25) is 0 Å². The maximum absolute atomic E-state index is 11.7. The molecule has 1 aliphatic rings. The van der Waals surface area contributed by atoms with E-state index in [0.29, 0.717) is 30.5 Å². The normalized spacial score (nSPS) is 19.8. The van der Waals surface area contributed by atoms with Gasteiger partial charge in [0.15, 0.2) is 0 Å². The lowest BCUT2D eigenvalue weighted by Crippen LogP contribution is -2.41. The summed E-state index contributed by atoms with van der Waals surface area (Å²) in [5, 5.41) is 18.9. The molecule has 6 nitrogen and oxygen atoms in total. The van der Waals surface area contributed by atoms with Gasteiger partial charge in [-0.3, -0.25) is 0 Å². The van der Waals surface area contributed by atoms with Crippen LogP contribution in [0.3, 0.4) is 0 Å². The highest BCUT2D eigenvalue weighted by Crippen LogP contribution is 2.32. The molecule has 0 saturated heterocycles. The molecule has 1 aromatic heterocycles. The van der Waals surface area contributed by atoms with Crippen molar-refractivity contribution >= 4 is 17.1 Å². The highest BCUT2D eigenvalue weighted by atomic mass is 16.4. The topological polar surface area (TPSA) is 82.2 Å². The minimum absolute atomic E-state index is 0.0432. The fourth-order valence-corrected chi connectivity index (χ4v) is 4.65. The molecule has 2 unspecified atom stereocenters. The number of carboxylic acid groups (broad SMARTS) is 1. The molecular weight excluding hydrogens is 364 g/mol. The molecule has 156 valence electrons. The summed E-state index contributed by atoms with van der Waals surface area (Å²) in [6.45, 7) is 10.3. The summed E-state index contributed by atoms with van der Waals surface area (Å²) < 4.78 is 2.17. The molecule has 2 atom stereocenters. The summed E-state index contributed by atoms with van der Waals surface area (Å²) >= 11 is 0. The van der Waals surface area contributed by atoms with Gasteiger partial charge in [-0.25, -0.2) is 9.78 Å². The van der Waals surface area contributed by atoms with Gasteiger partial charge < -0.3 is 14.6 Å². The van der Waals surface area contributed by atoms with Crippen LogP contribution in [0, 0.1) is 35.5 Å². The van der Waals surface area contributed by atoms with Gasteiger partial charge in [-0.05, 0) is 61.1 Å². The van der Waals surface area contributed by atoms with Crippen LogP contribution in [0.2, 0.25) is 0 Å². The van der Waals surface area contributed by atoms with Gasteiger partial charge in [-0.15, -0.1) is 0 Å². The summed E-state index contributed by atoms with van der Waals surface area (Å²) in [4.78, 5) is 17.9. The summed E-state index contributed by atoms with van der Waals surface area (Å²) in [7, 11) is 0. The van der Waals surface area contributed by atoms with Crippen LogP contribution in [0.5, 0.6) is 0 Å². The molecule has 1 heterocycles. The van der Waals surface area contributed by atoms with Gasteiger partial charge >= 0.3 is 6.09 Å². The van der Waals surface area contributed by atoms with Gasteiger partial charge in [0, 0.05) is 19.6 Å². The predicted octanol–water partition coefficient (Wildman–Crippen LogP) is 5.05. The van der Waals surface area contributed by atoms with Crippen LogP contribution in [-0.4, -0.2) is 38.7 Å². The van der Waals surface area contributed by atoms with Crippen molar-refractivity contribution in [3.8, 4) is 6.07 Å². The first-order valence-electron chi connectivity index (χ1n) is 10.5. The Hall–Kier alpha value is -2.55. The quantitative estimate of drug-likeness (QED) is 0.767. The first-order chi connectivity index (χ1) is 13.7. The lowest BCUT2D eigenvalue weighted by Gasteiger charge is -2.35. The molecule has 2 aromatic rings. The van der Waals surface area contributed by atoms with E-state index < -0.39 is 6.09 Å². The maximum Gasteiger partial charge on any atom is 0.407 e. The third-order valence-electron chi connectivity index (χ3n) is 5.81. The van der Waals surface area contributed by atoms with Crippen LogP contribution >= 0.6 is 0 Å². The van der Waals surface area contributed by atoms with Gasteiger partial charge in [0.1, 0.15) is 0 Å². The average Bonchev–Trinajstić information content (AvgIpc) is 3.03. The predicted molar refractivity (Wildman–Crippen MR) is 114 cm³/mol. The van der Waals surface area contributed by atoms with Gasteiger partial charge in [-0.2, -0.15) is 5.26 Å². The van der Waals surface area contributed by atoms with Crippen LogP contribution in [0.25, 0.3) is 11.0 Å². The number of nitriles is 1. The van der Waals surface area contributed by atoms with Crippen LogP contribution in [0.4, 0.5) is 4.79 Å². The minimum atomic E-state index is -0.817. The number of aryl methyl sites for hydroxylation is 1. The van der Waals surface area contributed by atoms with Gasteiger partial charge in [-0.1, -0.05) is 27.2 Å². The average molecular weight is 397 g/mol. The Morgan fingerprint density at radius 1 is 1.34 bits per heavy atom. The molecule has 1 aliphatic carbocycles. The van der Waals surface area contributed by atoms with Crippen molar-refractivity contribution in [3.05, 3.63) is 29.6 Å². The smallest absolute Gasteiger partial charge is 0.407 e. The van der Waals surface area contributed by atoms with Crippen molar-refractivity contribution in [2.24, 2.45) is 17.3 Å². The molecule has 29 heavy (non-hydrogen) atoms. The highest BCUT2D eigenvalue weighted by molar-refractivity contribution is 5.80. The monoisotopic (exact) mass is 396 g/mol. The zero-order chi connectivity index (χ0) is 21.2. The number of hydrogen-bond donors (Lipinski definition) is 1. The van der Waals surface area contributed by atoms with E-state index >= 15 is 0 Å². The fourth-order valence-electron chi connectivity index (χ4n) is 4.65. The first-order valence-corrected chi connectivity index (χ1v) is 10.5. The van der Waals surface area contributed by atoms with Crippen LogP contribution in [0.1, 0.15) is 57.6 Å². The third kappa shape index (κ3) is 5.29. The van der Waals surface area contributed by atoms with E-state index in [2.05, 4.69) is 36.4 Å². The lowest BCUT2D eigenvalue weighted by molar-refractivity contribution is 0.104. The largest absolute Gasteiger partial charge is 0.465 e. The van der Waals surface area contributed by atoms with Gasteiger partial charge in [0.25, 0.3) is 0 Å². The summed E-state index contributed by atoms with van der Waals surface area (Å²) in [6.07, 6.45) is 5.47. The second-order valence-electron chi connectivity index (χ2n) is 9.79. The van der Waals surface area contributed by atoms with Crippen molar-refractivity contribution in [3.63, 3.8) is 0 Å². The number of carbonyl (C=O) groups is 1. The van der Waals surface area contributed by atoms with Crippen LogP contribution < -0.4 is 0 Å². The summed E-state index contributed by atoms with van der Waals surface area (Å²) in [6, 6.07) is 6.04. The van der Waals surface area contributed by atoms with Crippen molar-refractivity contribution in [2.45, 2.75) is 59.9 Å². The first kappa shape index (κ1) is 21.2. The standard InChI is InChI=1S/C23H32N4O2/c1-16-8-19(11-24)10-20-21(16)25-15-27(20)13-18-7-5-6-17(9-18)12-26(22(28)29)14-23(2,3)4/h8,10,15,17-18H,5-7,9,12-14H2,1-4H3,(H,28,29). The second kappa shape index (κ2) is 8.44. The Morgan fingerprint density at radius 2 is 2.07 bits per heavy atom. The molecule has 3 rings (SSSR count). The Balaban J connectivity index is 1.70. The fraction of sp³-hybridized carbons (Fsp3) is 0.609. The SMILES string of the molecule is Cc1cc(C#N)cc2c1ncn2CC1CCCC(CN(CC(C)(C)C)C(=O)O)C1. The highest BCUT2D eigenvalue weighted by Gasteiger charge is 2.28. The zero-order valence-electron chi connectivity index (χ0n) is 18.0. The van der Waals surface area contributed by atoms with E-state index in [1.807, 2.05) is 25.4 Å². The van der Waals surface area contributed by atoms with Crippen molar-refractivity contribution < 1.29 is 9.90 Å². The molecule has 6 heteroatoms. The van der Waals surface area contributed by atoms with E-state index in [1.165, 1.54) is 0 Å². The van der Waals surface area contributed by atoms with Crippen molar-refractivity contribution in [2.75, 3.05) is 13.1 Å². The second-order valence-corrected chi connectivity index (χ2v) is 9.79. The van der Waals surface area contributed by atoms with Crippen LogP contribution in [0.15, 0.2) is 18.5 Å². The number of benzene rings is 1. The minimum Gasteiger partial charge on any atom is -0.465 e. The molecule has 0 bridgehead atoms. The molecule has 0 spiro atoms. The Bertz CT molecular complexity index is 919. The molecule has 1 aromatic carbocycles. The van der Waals surface area contributed by atoms with Crippen LogP contribution in [-0.2, 0) is 6.54 Å². The van der Waals surface area contributed by atoms with E-state index in [-0.39, 0.29) is 5.41 Å². The van der Waals surface area contributed by atoms with Crippen molar-refractivity contribution in [1.82, 2.24) is 14.5 Å². The molecule has 1 N–H and O–H groups in total. The molecule has 1 saturated carbocycles. The molecule has 1 amide bonds. The molecule has 0 aliphatic heterocycles. The molecular formula is C23H32N4O2. The lowest BCUT2D eigenvalue weighted by atomic mass is 9.80. The number of hydrogen-bond acceptors (Lipinski definition) is 3. The molecule has 0 radical (unpaired) electrons. The number of amides is 1. The number of fused-ring (bicyclic) bond motifs is 1. The summed E-state index contributed by atoms with van der Waals surface area (Å²) in [5.74, 6) is 0.904. The Morgan fingerprint density at radius 3 is 2.72 bits per heavy atom. The van der Waals surface area contributed by atoms with Crippen molar-refractivity contribution in [1.29, 1.82) is 5.26 Å². The Kier molecular flexibility index (Phi) is 6.16. The zero-order valence-corrected chi connectivity index (χ0v) is 18.0. The number of nitrogens with zero attached hydrogens (tertiary/aromatic N) is 4. The van der Waals surface area contributed by atoms with Gasteiger partial charge in [0.05, 0.1) is 29.0 Å². The number of aromatic nitrogens is 2. The number of rotatable bonds is 5. The number of imidazole rings is 1. The van der Waals surface area contributed by atoms with E-state index in [4.69, 9.17) is 0 Å².